The highest BCUT2D eigenvalue weighted by Crippen LogP contribution is 2.14. The Kier molecular flexibility index (Phi) is 5.24. The van der Waals surface area contributed by atoms with E-state index in [1.807, 2.05) is 0 Å². The molecule has 0 saturated carbocycles. The summed E-state index contributed by atoms with van der Waals surface area (Å²) in [6.07, 6.45) is 6.75. The number of hydrogen-bond acceptors (Lipinski definition) is 0. The molecule has 0 bridgehead atoms. The Morgan fingerprint density at radius 3 is 2.25 bits per heavy atom. The smallest absolute Gasteiger partial charge is 0.123 e. The summed E-state index contributed by atoms with van der Waals surface area (Å²) >= 11 is 0. The molecule has 0 saturated heterocycles. The molecule has 1 atom stereocenters. The fourth-order valence-electron chi connectivity index (χ4n) is 1.54. The number of hydrogen-bond donors (Lipinski definition) is 0. The Morgan fingerprint density at radius 1 is 1.06 bits per heavy atom. The molecule has 0 aliphatic rings. The Hall–Kier alpha value is -1.11. The van der Waals surface area contributed by atoms with Crippen LogP contribution in [0.5, 0.6) is 0 Å². The summed E-state index contributed by atoms with van der Waals surface area (Å²) in [6.45, 7) is 6.72. The van der Waals surface area contributed by atoms with Gasteiger partial charge in [-0.15, -0.1) is 0 Å². The van der Waals surface area contributed by atoms with Crippen LogP contribution in [0.3, 0.4) is 0 Å². The van der Waals surface area contributed by atoms with Gasteiger partial charge in [0.15, 0.2) is 0 Å². The molecule has 1 aromatic carbocycles. The molecule has 1 unspecified atom stereocenters. The van der Waals surface area contributed by atoms with Gasteiger partial charge in [0, 0.05) is 0 Å². The van der Waals surface area contributed by atoms with Crippen molar-refractivity contribution in [2.75, 3.05) is 0 Å². The van der Waals surface area contributed by atoms with E-state index in [2.05, 4.69) is 32.9 Å². The van der Waals surface area contributed by atoms with Gasteiger partial charge in [-0.3, -0.25) is 0 Å². The maximum absolute atomic E-state index is 12.7. The first-order valence-corrected chi connectivity index (χ1v) is 6.01. The van der Waals surface area contributed by atoms with Gasteiger partial charge in [0.05, 0.1) is 0 Å². The fraction of sp³-hybridized carbons (Fsp3) is 0.467. The molecule has 0 fully saturated rings. The third-order valence-corrected chi connectivity index (χ3v) is 2.69. The molecule has 0 aliphatic heterocycles. The zero-order chi connectivity index (χ0) is 12.0. The van der Waals surface area contributed by atoms with E-state index < -0.39 is 0 Å². The van der Waals surface area contributed by atoms with E-state index in [4.69, 9.17) is 0 Å². The van der Waals surface area contributed by atoms with Crippen molar-refractivity contribution >= 4 is 6.08 Å². The third kappa shape index (κ3) is 5.11. The summed E-state index contributed by atoms with van der Waals surface area (Å²) in [6, 6.07) is 6.61. The van der Waals surface area contributed by atoms with Crippen LogP contribution in [-0.4, -0.2) is 0 Å². The van der Waals surface area contributed by atoms with E-state index >= 15 is 0 Å². The molecule has 1 rings (SSSR count). The van der Waals surface area contributed by atoms with Crippen LogP contribution in [0.4, 0.5) is 4.39 Å². The Balaban J connectivity index is 2.43. The van der Waals surface area contributed by atoms with E-state index in [-0.39, 0.29) is 5.82 Å². The van der Waals surface area contributed by atoms with Gasteiger partial charge in [0.2, 0.25) is 0 Å². The summed E-state index contributed by atoms with van der Waals surface area (Å²) in [4.78, 5) is 0. The normalized spacial score (nSPS) is 13.6. The van der Waals surface area contributed by atoms with Crippen LogP contribution in [0.25, 0.3) is 6.08 Å². The van der Waals surface area contributed by atoms with Gasteiger partial charge < -0.3 is 0 Å². The highest BCUT2D eigenvalue weighted by atomic mass is 19.1. The summed E-state index contributed by atoms with van der Waals surface area (Å²) < 4.78 is 12.7. The topological polar surface area (TPSA) is 0 Å². The second-order valence-electron chi connectivity index (χ2n) is 4.86. The molecular formula is C15H21F. The van der Waals surface area contributed by atoms with Gasteiger partial charge in [-0.2, -0.15) is 0 Å². The van der Waals surface area contributed by atoms with Gasteiger partial charge in [0.25, 0.3) is 0 Å². The maximum atomic E-state index is 12.7. The standard InChI is InChI=1S/C15H21F/c1-12(2)4-5-13(3)6-7-14-8-10-15(16)11-9-14/h6-13H,4-5H2,1-3H3/b7-6+. The van der Waals surface area contributed by atoms with Gasteiger partial charge >= 0.3 is 0 Å². The fourth-order valence-corrected chi connectivity index (χ4v) is 1.54. The monoisotopic (exact) mass is 220 g/mol. The molecular weight excluding hydrogens is 199 g/mol. The van der Waals surface area contributed by atoms with Crippen LogP contribution < -0.4 is 0 Å². The van der Waals surface area contributed by atoms with Gasteiger partial charge in [-0.05, 0) is 36.0 Å². The average molecular weight is 220 g/mol. The largest absolute Gasteiger partial charge is 0.207 e. The van der Waals surface area contributed by atoms with Gasteiger partial charge in [0.1, 0.15) is 5.82 Å². The van der Waals surface area contributed by atoms with E-state index in [1.165, 1.54) is 25.0 Å². The molecule has 0 amide bonds. The number of halogens is 1. The molecule has 0 aliphatic carbocycles. The quantitative estimate of drug-likeness (QED) is 0.661. The lowest BCUT2D eigenvalue weighted by molar-refractivity contribution is 0.503. The van der Waals surface area contributed by atoms with Crippen LogP contribution in [-0.2, 0) is 0 Å². The molecule has 0 spiro atoms. The Labute approximate surface area is 98.2 Å². The second-order valence-corrected chi connectivity index (χ2v) is 4.86. The van der Waals surface area contributed by atoms with Crippen molar-refractivity contribution in [1.29, 1.82) is 0 Å². The number of benzene rings is 1. The van der Waals surface area contributed by atoms with Crippen molar-refractivity contribution in [3.8, 4) is 0 Å². The van der Waals surface area contributed by atoms with Crippen molar-refractivity contribution in [2.45, 2.75) is 33.6 Å². The molecule has 16 heavy (non-hydrogen) atoms. The first-order valence-electron chi connectivity index (χ1n) is 6.01. The van der Waals surface area contributed by atoms with Crippen LogP contribution in [0, 0.1) is 17.7 Å². The SMILES string of the molecule is CC(C)CCC(C)/C=C/c1ccc(F)cc1. The summed E-state index contributed by atoms with van der Waals surface area (Å²) in [5.74, 6) is 1.18. The average Bonchev–Trinajstić information content (AvgIpc) is 2.25. The first-order chi connectivity index (χ1) is 7.58. The van der Waals surface area contributed by atoms with Crippen LogP contribution in [0.1, 0.15) is 39.2 Å². The highest BCUT2D eigenvalue weighted by Gasteiger charge is 1.99. The summed E-state index contributed by atoms with van der Waals surface area (Å²) in [7, 11) is 0. The Morgan fingerprint density at radius 2 is 1.69 bits per heavy atom. The van der Waals surface area contributed by atoms with E-state index in [0.29, 0.717) is 5.92 Å². The highest BCUT2D eigenvalue weighted by molar-refractivity contribution is 5.49. The molecule has 0 nitrogen and oxygen atoms in total. The van der Waals surface area contributed by atoms with Crippen molar-refractivity contribution < 1.29 is 4.39 Å². The predicted octanol–water partition coefficient (Wildman–Crippen LogP) is 4.91. The summed E-state index contributed by atoms with van der Waals surface area (Å²) in [5.41, 5.74) is 1.07. The zero-order valence-corrected chi connectivity index (χ0v) is 10.4. The third-order valence-electron chi connectivity index (χ3n) is 2.69. The van der Waals surface area contributed by atoms with Crippen molar-refractivity contribution in [3.05, 3.63) is 41.7 Å². The minimum Gasteiger partial charge on any atom is -0.207 e. The second kappa shape index (κ2) is 6.47. The van der Waals surface area contributed by atoms with Crippen LogP contribution in [0.2, 0.25) is 0 Å². The van der Waals surface area contributed by atoms with Crippen molar-refractivity contribution in [2.24, 2.45) is 11.8 Å². The molecule has 1 aromatic rings. The minimum absolute atomic E-state index is 0.176. The maximum Gasteiger partial charge on any atom is 0.123 e. The predicted molar refractivity (Wildman–Crippen MR) is 68.7 cm³/mol. The molecule has 1 heteroatoms. The van der Waals surface area contributed by atoms with E-state index in [1.54, 1.807) is 12.1 Å². The Bertz CT molecular complexity index is 322. The first kappa shape index (κ1) is 13.0. The van der Waals surface area contributed by atoms with Gasteiger partial charge in [-0.1, -0.05) is 51.5 Å². The molecule has 0 N–H and O–H groups in total. The number of rotatable bonds is 5. The molecule has 0 aromatic heterocycles. The lowest BCUT2D eigenvalue weighted by Crippen LogP contribution is -1.94. The number of allylic oxidation sites excluding steroid dienone is 1. The molecule has 0 radical (unpaired) electrons. The minimum atomic E-state index is -0.176. The summed E-state index contributed by atoms with van der Waals surface area (Å²) in [5, 5.41) is 0. The van der Waals surface area contributed by atoms with E-state index in [9.17, 15) is 4.39 Å². The van der Waals surface area contributed by atoms with Crippen molar-refractivity contribution in [3.63, 3.8) is 0 Å². The lowest BCUT2D eigenvalue weighted by Gasteiger charge is -2.08. The van der Waals surface area contributed by atoms with E-state index in [0.717, 1.165) is 11.5 Å². The van der Waals surface area contributed by atoms with Crippen LogP contribution >= 0.6 is 0 Å². The lowest BCUT2D eigenvalue weighted by atomic mass is 9.98. The zero-order valence-electron chi connectivity index (χ0n) is 10.4. The molecule has 0 heterocycles. The van der Waals surface area contributed by atoms with Gasteiger partial charge in [-0.25, -0.2) is 4.39 Å². The van der Waals surface area contributed by atoms with Crippen LogP contribution in [0.15, 0.2) is 30.3 Å². The molecule has 88 valence electrons. The van der Waals surface area contributed by atoms with Crippen molar-refractivity contribution in [1.82, 2.24) is 0 Å².